The van der Waals surface area contributed by atoms with Crippen molar-refractivity contribution in [1.29, 1.82) is 0 Å². The molecule has 0 atom stereocenters. The molecule has 8 heteroatoms. The molecule has 6 nitrogen and oxygen atoms in total. The Morgan fingerprint density at radius 2 is 1.39 bits per heavy atom. The number of carbonyl (C=O) groups is 2. The molecule has 3 aromatic rings. The molecular weight excluding hydrogens is 551 g/mol. The third-order valence-electron chi connectivity index (χ3n) is 6.74. The standard InChI is InChI=1S/C33H33N3O3S2/c1-24(2)39-31(37)20-10-5-13-23-34-32(38)29(41-33(34)40)21-22-30-35(25-14-6-3-7-15-25)27-18-11-12-19-28(27)36(30)26-16-8-4-9-17-26/h3-4,6-9,11-12,14-19,21-22,24H,5,10,13,20,23H2,1-2H3/b29-21+. The molecule has 2 aliphatic heterocycles. The second-order valence-corrected chi connectivity index (χ2v) is 11.7. The van der Waals surface area contributed by atoms with Crippen LogP contribution in [0.1, 0.15) is 39.5 Å². The lowest BCUT2D eigenvalue weighted by atomic mass is 10.2. The third kappa shape index (κ3) is 6.55. The zero-order valence-electron chi connectivity index (χ0n) is 23.2. The third-order valence-corrected chi connectivity index (χ3v) is 8.13. The Morgan fingerprint density at radius 3 is 1.95 bits per heavy atom. The maximum absolute atomic E-state index is 13.4. The number of fused-ring (bicyclic) bond motifs is 1. The number of hydrogen-bond acceptors (Lipinski definition) is 7. The van der Waals surface area contributed by atoms with E-state index in [0.717, 1.165) is 47.8 Å². The predicted octanol–water partition coefficient (Wildman–Crippen LogP) is 8.07. The number of carbonyl (C=O) groups excluding carboxylic acids is 2. The fourth-order valence-electron chi connectivity index (χ4n) is 4.93. The van der Waals surface area contributed by atoms with Crippen molar-refractivity contribution >= 4 is 62.9 Å². The number of hydrogen-bond donors (Lipinski definition) is 0. The monoisotopic (exact) mass is 583 g/mol. The maximum atomic E-state index is 13.4. The topological polar surface area (TPSA) is 53.1 Å². The van der Waals surface area contributed by atoms with Crippen LogP contribution in [0.5, 0.6) is 0 Å². The number of allylic oxidation sites excluding steroid dienone is 2. The minimum Gasteiger partial charge on any atom is -0.463 e. The van der Waals surface area contributed by atoms with E-state index in [1.54, 1.807) is 4.90 Å². The van der Waals surface area contributed by atoms with E-state index in [4.69, 9.17) is 17.0 Å². The molecular formula is C33H33N3O3S2. The first kappa shape index (κ1) is 28.6. The molecule has 2 heterocycles. The highest BCUT2D eigenvalue weighted by molar-refractivity contribution is 8.26. The molecule has 0 bridgehead atoms. The minimum absolute atomic E-state index is 0.0795. The van der Waals surface area contributed by atoms with Crippen molar-refractivity contribution in [2.75, 3.05) is 16.3 Å². The summed E-state index contributed by atoms with van der Waals surface area (Å²) in [7, 11) is 0. The van der Waals surface area contributed by atoms with Crippen molar-refractivity contribution < 1.29 is 14.3 Å². The van der Waals surface area contributed by atoms with Gasteiger partial charge in [-0.3, -0.25) is 24.3 Å². The van der Waals surface area contributed by atoms with Crippen LogP contribution in [0.3, 0.4) is 0 Å². The highest BCUT2D eigenvalue weighted by Crippen LogP contribution is 2.49. The number of amides is 1. The molecule has 0 unspecified atom stereocenters. The highest BCUT2D eigenvalue weighted by Gasteiger charge is 2.34. The van der Waals surface area contributed by atoms with Gasteiger partial charge in [0.05, 0.1) is 22.4 Å². The number of para-hydroxylation sites is 4. The first-order valence-corrected chi connectivity index (χ1v) is 15.1. The molecule has 5 rings (SSSR count). The van der Waals surface area contributed by atoms with Gasteiger partial charge >= 0.3 is 5.97 Å². The Hall–Kier alpha value is -3.88. The van der Waals surface area contributed by atoms with E-state index in [1.165, 1.54) is 11.8 Å². The Morgan fingerprint density at radius 1 is 0.829 bits per heavy atom. The van der Waals surface area contributed by atoms with Crippen LogP contribution in [0, 0.1) is 0 Å². The van der Waals surface area contributed by atoms with Crippen LogP contribution in [-0.4, -0.2) is 33.7 Å². The first-order chi connectivity index (χ1) is 19.9. The SMILES string of the molecule is CC(C)OC(=O)CCCCCN1C(=O)/C(=C\C=C2N(c3ccccc3)c3ccccc3N2c2ccccc2)SC1=S. The lowest BCUT2D eigenvalue weighted by Crippen LogP contribution is -2.29. The van der Waals surface area contributed by atoms with Gasteiger partial charge in [-0.2, -0.15) is 0 Å². The minimum atomic E-state index is -0.176. The van der Waals surface area contributed by atoms with Crippen molar-refractivity contribution in [3.8, 4) is 0 Å². The van der Waals surface area contributed by atoms with Crippen LogP contribution in [0.25, 0.3) is 0 Å². The maximum Gasteiger partial charge on any atom is 0.306 e. The van der Waals surface area contributed by atoms with E-state index in [9.17, 15) is 9.59 Å². The zero-order chi connectivity index (χ0) is 28.8. The van der Waals surface area contributed by atoms with Gasteiger partial charge in [0.2, 0.25) is 0 Å². The second-order valence-electron chi connectivity index (χ2n) is 10.1. The molecule has 0 saturated carbocycles. The number of nitrogens with zero attached hydrogens (tertiary/aromatic N) is 3. The van der Waals surface area contributed by atoms with Crippen LogP contribution in [0.4, 0.5) is 22.7 Å². The zero-order valence-corrected chi connectivity index (χ0v) is 24.9. The van der Waals surface area contributed by atoms with Gasteiger partial charge in [0.25, 0.3) is 5.91 Å². The molecule has 1 saturated heterocycles. The molecule has 0 spiro atoms. The molecule has 0 aromatic heterocycles. The lowest BCUT2D eigenvalue weighted by Gasteiger charge is -2.25. The number of rotatable bonds is 10. The highest BCUT2D eigenvalue weighted by atomic mass is 32.2. The van der Waals surface area contributed by atoms with Crippen LogP contribution in [0.2, 0.25) is 0 Å². The fraction of sp³-hybridized carbons (Fsp3) is 0.242. The summed E-state index contributed by atoms with van der Waals surface area (Å²) in [5.41, 5.74) is 4.18. The van der Waals surface area contributed by atoms with E-state index in [0.29, 0.717) is 22.2 Å². The molecule has 3 aromatic carbocycles. The number of unbranched alkanes of at least 4 members (excludes halogenated alkanes) is 2. The van der Waals surface area contributed by atoms with Gasteiger partial charge in [-0.25, -0.2) is 0 Å². The van der Waals surface area contributed by atoms with Crippen molar-refractivity contribution in [3.05, 3.63) is 108 Å². The summed E-state index contributed by atoms with van der Waals surface area (Å²) >= 11 is 6.91. The Kier molecular flexibility index (Phi) is 9.21. The van der Waals surface area contributed by atoms with Gasteiger partial charge in [0, 0.05) is 24.3 Å². The largest absolute Gasteiger partial charge is 0.463 e. The van der Waals surface area contributed by atoms with E-state index in [2.05, 4.69) is 46.2 Å². The average Bonchev–Trinajstić information content (AvgIpc) is 3.45. The fourth-order valence-corrected chi connectivity index (χ4v) is 6.18. The summed E-state index contributed by atoms with van der Waals surface area (Å²) < 4.78 is 5.76. The summed E-state index contributed by atoms with van der Waals surface area (Å²) in [6.07, 6.45) is 6.51. The number of thiocarbonyl (C=S) groups is 1. The van der Waals surface area contributed by atoms with Gasteiger partial charge < -0.3 is 4.74 Å². The van der Waals surface area contributed by atoms with Crippen LogP contribution < -0.4 is 9.80 Å². The Balaban J connectivity index is 1.37. The molecule has 0 N–H and O–H groups in total. The Labute approximate surface area is 251 Å². The molecule has 1 amide bonds. The molecule has 2 aliphatic rings. The van der Waals surface area contributed by atoms with Gasteiger partial charge in [-0.05, 0) is 75.2 Å². The summed E-state index contributed by atoms with van der Waals surface area (Å²) in [5, 5.41) is 0. The smallest absolute Gasteiger partial charge is 0.306 e. The molecule has 210 valence electrons. The quantitative estimate of drug-likeness (QED) is 0.104. The summed E-state index contributed by atoms with van der Waals surface area (Å²) in [6.45, 7) is 4.23. The first-order valence-electron chi connectivity index (χ1n) is 13.9. The van der Waals surface area contributed by atoms with Crippen molar-refractivity contribution in [1.82, 2.24) is 4.90 Å². The predicted molar refractivity (Wildman–Crippen MR) is 171 cm³/mol. The van der Waals surface area contributed by atoms with Crippen molar-refractivity contribution in [3.63, 3.8) is 0 Å². The van der Waals surface area contributed by atoms with Gasteiger partial charge in [-0.15, -0.1) is 0 Å². The van der Waals surface area contributed by atoms with Crippen LogP contribution >= 0.6 is 24.0 Å². The summed E-state index contributed by atoms with van der Waals surface area (Å²) in [6, 6.07) is 28.8. The number of thioether (sulfide) groups is 1. The number of anilines is 4. The number of benzene rings is 3. The van der Waals surface area contributed by atoms with Gasteiger partial charge in [-0.1, -0.05) is 78.9 Å². The van der Waals surface area contributed by atoms with Gasteiger partial charge in [0.1, 0.15) is 10.1 Å². The van der Waals surface area contributed by atoms with Crippen LogP contribution in [0.15, 0.2) is 108 Å². The van der Waals surface area contributed by atoms with E-state index in [-0.39, 0.29) is 18.0 Å². The molecule has 0 radical (unpaired) electrons. The molecule has 0 aliphatic carbocycles. The van der Waals surface area contributed by atoms with Crippen molar-refractivity contribution in [2.45, 2.75) is 45.6 Å². The molecule has 1 fully saturated rings. The van der Waals surface area contributed by atoms with E-state index < -0.39 is 0 Å². The lowest BCUT2D eigenvalue weighted by molar-refractivity contribution is -0.147. The number of esters is 1. The van der Waals surface area contributed by atoms with E-state index in [1.807, 2.05) is 74.5 Å². The van der Waals surface area contributed by atoms with E-state index >= 15 is 0 Å². The average molecular weight is 584 g/mol. The van der Waals surface area contributed by atoms with Crippen molar-refractivity contribution in [2.24, 2.45) is 0 Å². The summed E-state index contributed by atoms with van der Waals surface area (Å²) in [5.74, 6) is 0.663. The second kappa shape index (κ2) is 13.2. The summed E-state index contributed by atoms with van der Waals surface area (Å²) in [4.78, 5) is 31.8. The normalized spacial score (nSPS) is 15.7. The van der Waals surface area contributed by atoms with Gasteiger partial charge in [0.15, 0.2) is 0 Å². The molecule has 41 heavy (non-hydrogen) atoms. The Bertz CT molecular complexity index is 1400. The van der Waals surface area contributed by atoms with Crippen LogP contribution in [-0.2, 0) is 14.3 Å². The number of ether oxygens (including phenoxy) is 1.